The van der Waals surface area contributed by atoms with Crippen molar-refractivity contribution in [2.24, 2.45) is 0 Å². The van der Waals surface area contributed by atoms with Gasteiger partial charge in [0.25, 0.3) is 0 Å². The number of hydrogen-bond acceptors (Lipinski definition) is 4. The van der Waals surface area contributed by atoms with E-state index in [0.717, 1.165) is 0 Å². The van der Waals surface area contributed by atoms with Gasteiger partial charge in [-0.2, -0.15) is 4.57 Å². The van der Waals surface area contributed by atoms with Crippen LogP contribution in [0, 0.1) is 5.82 Å². The third-order valence-corrected chi connectivity index (χ3v) is 3.36. The van der Waals surface area contributed by atoms with Gasteiger partial charge in [0.05, 0.1) is 5.69 Å². The first-order chi connectivity index (χ1) is 13.3. The summed E-state index contributed by atoms with van der Waals surface area (Å²) in [5.74, 6) is -0.357. The standard InChI is InChI=1S/C21H26FN3O4/c1-20(2,3)28-18(26)23-16-11-12-25(15-9-7-14(22)8-10-15)13-17(16)24-19(27)29-21(4,5)6/h7-13H,1-6H3,(H,24,27)/p+1. The van der Waals surface area contributed by atoms with Crippen LogP contribution in [0.15, 0.2) is 42.7 Å². The van der Waals surface area contributed by atoms with Crippen molar-refractivity contribution in [3.8, 4) is 5.69 Å². The van der Waals surface area contributed by atoms with Gasteiger partial charge in [-0.1, -0.05) is 0 Å². The van der Waals surface area contributed by atoms with Crippen LogP contribution in [-0.2, 0) is 9.47 Å². The Morgan fingerprint density at radius 3 is 1.79 bits per heavy atom. The topological polar surface area (TPSA) is 80.5 Å². The number of carbonyl (C=O) groups is 2. The highest BCUT2D eigenvalue weighted by molar-refractivity contribution is 5.94. The zero-order valence-corrected chi connectivity index (χ0v) is 17.5. The lowest BCUT2D eigenvalue weighted by Crippen LogP contribution is -2.33. The molecule has 156 valence electrons. The van der Waals surface area contributed by atoms with Gasteiger partial charge in [-0.3, -0.25) is 10.6 Å². The SMILES string of the molecule is CC(C)(C)OC(=O)Nc1cc[n+](-c2ccc(F)cc2)cc1NC(=O)OC(C)(C)C. The van der Waals surface area contributed by atoms with Crippen molar-refractivity contribution in [1.29, 1.82) is 0 Å². The fraction of sp³-hybridized carbons (Fsp3) is 0.381. The Labute approximate surface area is 169 Å². The second-order valence-electron chi connectivity index (χ2n) is 8.41. The summed E-state index contributed by atoms with van der Waals surface area (Å²) < 4.78 is 25.4. The van der Waals surface area contributed by atoms with Gasteiger partial charge in [-0.05, 0) is 53.7 Å². The van der Waals surface area contributed by atoms with Gasteiger partial charge in [0.15, 0.2) is 6.20 Å². The molecule has 1 aromatic heterocycles. The Hall–Kier alpha value is -3.16. The van der Waals surface area contributed by atoms with E-state index >= 15 is 0 Å². The molecule has 1 aromatic carbocycles. The van der Waals surface area contributed by atoms with Gasteiger partial charge in [-0.15, -0.1) is 0 Å². The molecule has 1 heterocycles. The van der Waals surface area contributed by atoms with Crippen molar-refractivity contribution in [2.45, 2.75) is 52.7 Å². The maximum Gasteiger partial charge on any atom is 0.412 e. The van der Waals surface area contributed by atoms with Crippen LogP contribution in [0.25, 0.3) is 5.69 Å². The van der Waals surface area contributed by atoms with Gasteiger partial charge < -0.3 is 9.47 Å². The number of rotatable bonds is 3. The van der Waals surface area contributed by atoms with E-state index in [0.29, 0.717) is 11.4 Å². The number of pyridine rings is 1. The zero-order chi connectivity index (χ0) is 21.8. The van der Waals surface area contributed by atoms with Crippen LogP contribution >= 0.6 is 0 Å². The molecule has 2 amide bonds. The molecule has 8 heteroatoms. The summed E-state index contributed by atoms with van der Waals surface area (Å²) in [4.78, 5) is 24.4. The first-order valence-corrected chi connectivity index (χ1v) is 9.14. The largest absolute Gasteiger partial charge is 0.444 e. The average Bonchev–Trinajstić information content (AvgIpc) is 2.53. The Bertz CT molecular complexity index is 884. The minimum absolute atomic E-state index is 0.289. The Kier molecular flexibility index (Phi) is 6.46. The number of benzene rings is 1. The summed E-state index contributed by atoms with van der Waals surface area (Å²) in [7, 11) is 0. The predicted molar refractivity (Wildman–Crippen MR) is 108 cm³/mol. The van der Waals surface area contributed by atoms with Gasteiger partial charge in [0, 0.05) is 18.2 Å². The van der Waals surface area contributed by atoms with E-state index in [1.807, 2.05) is 0 Å². The maximum absolute atomic E-state index is 13.2. The van der Waals surface area contributed by atoms with E-state index in [2.05, 4.69) is 10.6 Å². The number of carbonyl (C=O) groups excluding carboxylic acids is 2. The molecule has 2 N–H and O–H groups in total. The molecule has 2 aromatic rings. The van der Waals surface area contributed by atoms with Crippen molar-refractivity contribution < 1.29 is 28.0 Å². The highest BCUT2D eigenvalue weighted by atomic mass is 19.1. The summed E-state index contributed by atoms with van der Waals surface area (Å²) in [5.41, 5.74) is -0.0845. The lowest BCUT2D eigenvalue weighted by Gasteiger charge is -2.21. The van der Waals surface area contributed by atoms with Crippen molar-refractivity contribution in [1.82, 2.24) is 0 Å². The molecule has 0 fully saturated rings. The van der Waals surface area contributed by atoms with E-state index in [1.165, 1.54) is 12.1 Å². The van der Waals surface area contributed by atoms with Gasteiger partial charge in [-0.25, -0.2) is 14.0 Å². The van der Waals surface area contributed by atoms with E-state index in [9.17, 15) is 14.0 Å². The fourth-order valence-electron chi connectivity index (χ4n) is 2.31. The predicted octanol–water partition coefficient (Wildman–Crippen LogP) is 4.80. The third kappa shape index (κ3) is 7.40. The molecular formula is C21H27FN3O4+. The quantitative estimate of drug-likeness (QED) is 0.721. The molecular weight excluding hydrogens is 377 g/mol. The van der Waals surface area contributed by atoms with Crippen LogP contribution in [0.1, 0.15) is 41.5 Å². The van der Waals surface area contributed by atoms with Crippen molar-refractivity contribution in [2.75, 3.05) is 10.6 Å². The third-order valence-electron chi connectivity index (χ3n) is 3.36. The number of amides is 2. The molecule has 0 spiro atoms. The molecule has 0 unspecified atom stereocenters. The normalized spacial score (nSPS) is 11.6. The summed E-state index contributed by atoms with van der Waals surface area (Å²) in [5, 5.41) is 5.25. The number of nitrogens with one attached hydrogen (secondary N) is 2. The molecule has 0 saturated heterocycles. The van der Waals surface area contributed by atoms with Crippen molar-refractivity contribution >= 4 is 23.6 Å². The highest BCUT2D eigenvalue weighted by Gasteiger charge is 2.22. The summed E-state index contributed by atoms with van der Waals surface area (Å²) in [6.07, 6.45) is 1.91. The molecule has 2 rings (SSSR count). The molecule has 0 aliphatic rings. The summed E-state index contributed by atoms with van der Waals surface area (Å²) in [6, 6.07) is 7.44. The molecule has 0 atom stereocenters. The summed E-state index contributed by atoms with van der Waals surface area (Å²) >= 11 is 0. The molecule has 0 aliphatic carbocycles. The lowest BCUT2D eigenvalue weighted by atomic mass is 10.2. The molecule has 0 radical (unpaired) electrons. The number of hydrogen-bond donors (Lipinski definition) is 2. The van der Waals surface area contributed by atoms with Crippen LogP contribution in [-0.4, -0.2) is 23.4 Å². The Balaban J connectivity index is 2.34. The van der Waals surface area contributed by atoms with Crippen LogP contribution < -0.4 is 15.2 Å². The molecule has 0 aliphatic heterocycles. The second-order valence-corrected chi connectivity index (χ2v) is 8.41. The van der Waals surface area contributed by atoms with E-state index in [1.54, 1.807) is 76.7 Å². The number of ether oxygens (including phenoxy) is 2. The molecule has 7 nitrogen and oxygen atoms in total. The van der Waals surface area contributed by atoms with Gasteiger partial charge in [0.1, 0.15) is 22.7 Å². The Morgan fingerprint density at radius 1 is 0.828 bits per heavy atom. The van der Waals surface area contributed by atoms with Gasteiger partial charge >= 0.3 is 12.2 Å². The number of anilines is 2. The first kappa shape index (κ1) is 22.1. The zero-order valence-electron chi connectivity index (χ0n) is 17.5. The average molecular weight is 404 g/mol. The van der Waals surface area contributed by atoms with E-state index in [4.69, 9.17) is 9.47 Å². The number of nitrogens with zero attached hydrogens (tertiary/aromatic N) is 1. The number of halogens is 1. The fourth-order valence-corrected chi connectivity index (χ4v) is 2.31. The van der Waals surface area contributed by atoms with Crippen LogP contribution in [0.2, 0.25) is 0 Å². The molecule has 29 heavy (non-hydrogen) atoms. The first-order valence-electron chi connectivity index (χ1n) is 9.14. The minimum atomic E-state index is -0.690. The number of aromatic nitrogens is 1. The van der Waals surface area contributed by atoms with Crippen molar-refractivity contribution in [3.63, 3.8) is 0 Å². The van der Waals surface area contributed by atoms with Crippen molar-refractivity contribution in [3.05, 3.63) is 48.5 Å². The smallest absolute Gasteiger partial charge is 0.412 e. The van der Waals surface area contributed by atoms with Crippen LogP contribution in [0.5, 0.6) is 0 Å². The van der Waals surface area contributed by atoms with Crippen LogP contribution in [0.4, 0.5) is 25.4 Å². The molecule has 0 saturated carbocycles. The Morgan fingerprint density at radius 2 is 1.31 bits per heavy atom. The summed E-state index contributed by atoms with van der Waals surface area (Å²) in [6.45, 7) is 10.5. The molecule has 0 bridgehead atoms. The minimum Gasteiger partial charge on any atom is -0.444 e. The van der Waals surface area contributed by atoms with E-state index < -0.39 is 23.4 Å². The second kappa shape index (κ2) is 8.46. The highest BCUT2D eigenvalue weighted by Crippen LogP contribution is 2.22. The lowest BCUT2D eigenvalue weighted by molar-refractivity contribution is -0.594. The monoisotopic (exact) mass is 404 g/mol. The van der Waals surface area contributed by atoms with Gasteiger partial charge in [0.2, 0.25) is 11.9 Å². The maximum atomic E-state index is 13.2. The van der Waals surface area contributed by atoms with E-state index in [-0.39, 0.29) is 11.5 Å². The van der Waals surface area contributed by atoms with Crippen LogP contribution in [0.3, 0.4) is 0 Å².